The van der Waals surface area contributed by atoms with E-state index in [1.807, 2.05) is 11.0 Å². The van der Waals surface area contributed by atoms with E-state index in [4.69, 9.17) is 4.74 Å². The Morgan fingerprint density at radius 1 is 1.00 bits per heavy atom. The Morgan fingerprint density at radius 2 is 1.74 bits per heavy atom. The number of anilines is 1. The number of nitrogens with zero attached hydrogens (tertiary/aromatic N) is 3. The first-order valence-corrected chi connectivity index (χ1v) is 11.8. The maximum absolute atomic E-state index is 14.0. The van der Waals surface area contributed by atoms with Crippen LogP contribution in [0.25, 0.3) is 0 Å². The molecule has 2 aliphatic heterocycles. The van der Waals surface area contributed by atoms with Crippen LogP contribution >= 0.6 is 0 Å². The molecule has 0 unspecified atom stereocenters. The van der Waals surface area contributed by atoms with Crippen molar-refractivity contribution < 1.29 is 22.3 Å². The number of benzene rings is 2. The summed E-state index contributed by atoms with van der Waals surface area (Å²) in [6.07, 6.45) is 0.617. The van der Waals surface area contributed by atoms with Crippen molar-refractivity contribution in [1.82, 2.24) is 9.21 Å². The SMILES string of the molecule is COc1cccc2c1C(=O)CN(CCCN1CCN(c3ccccc3F)CC1)S2(=O)=O. The average molecular weight is 448 g/mol. The lowest BCUT2D eigenvalue weighted by molar-refractivity contribution is 0.0950. The molecular formula is C22H26FN3O4S. The molecule has 0 spiro atoms. The van der Waals surface area contributed by atoms with Crippen molar-refractivity contribution in [2.24, 2.45) is 0 Å². The van der Waals surface area contributed by atoms with Crippen molar-refractivity contribution in [3.8, 4) is 5.75 Å². The van der Waals surface area contributed by atoms with E-state index in [0.717, 1.165) is 19.6 Å². The van der Waals surface area contributed by atoms with Gasteiger partial charge in [0, 0.05) is 32.7 Å². The number of fused-ring (bicyclic) bond motifs is 1. The third kappa shape index (κ3) is 4.30. The minimum Gasteiger partial charge on any atom is -0.496 e. The molecule has 9 heteroatoms. The summed E-state index contributed by atoms with van der Waals surface area (Å²) in [6, 6.07) is 11.4. The van der Waals surface area contributed by atoms with Gasteiger partial charge in [-0.2, -0.15) is 4.31 Å². The number of sulfonamides is 1. The molecule has 2 heterocycles. The number of hydrogen-bond acceptors (Lipinski definition) is 6. The second-order valence-corrected chi connectivity index (χ2v) is 9.64. The van der Waals surface area contributed by atoms with Gasteiger partial charge in [0.2, 0.25) is 10.0 Å². The molecule has 2 aromatic rings. The summed E-state index contributed by atoms with van der Waals surface area (Å²) >= 11 is 0. The van der Waals surface area contributed by atoms with Crippen molar-refractivity contribution in [2.45, 2.75) is 11.3 Å². The number of para-hydroxylation sites is 1. The molecule has 0 aromatic heterocycles. The number of halogens is 1. The summed E-state index contributed by atoms with van der Waals surface area (Å²) in [4.78, 5) is 16.9. The normalized spacial score (nSPS) is 19.3. The third-order valence-corrected chi connectivity index (χ3v) is 7.76. The molecule has 0 atom stereocenters. The number of rotatable bonds is 6. The van der Waals surface area contributed by atoms with E-state index in [-0.39, 0.29) is 35.1 Å². The number of carbonyl (C=O) groups excluding carboxylic acids is 1. The van der Waals surface area contributed by atoms with Gasteiger partial charge in [-0.3, -0.25) is 9.69 Å². The maximum atomic E-state index is 14.0. The second kappa shape index (κ2) is 8.94. The van der Waals surface area contributed by atoms with Crippen LogP contribution in [0.3, 0.4) is 0 Å². The molecule has 4 rings (SSSR count). The highest BCUT2D eigenvalue weighted by Gasteiger charge is 2.37. The van der Waals surface area contributed by atoms with E-state index in [0.29, 0.717) is 30.9 Å². The summed E-state index contributed by atoms with van der Waals surface area (Å²) in [5, 5.41) is 0. The molecule has 2 aliphatic rings. The number of methoxy groups -OCH3 is 1. The standard InChI is InChI=1S/C22H26FN3O4S/c1-30-20-8-4-9-21-22(20)19(27)16-26(31(21,28)29)11-5-10-24-12-14-25(15-13-24)18-7-3-2-6-17(18)23/h2-4,6-9H,5,10-16H2,1H3. The lowest BCUT2D eigenvalue weighted by atomic mass is 10.1. The smallest absolute Gasteiger partial charge is 0.244 e. The first-order chi connectivity index (χ1) is 14.9. The molecule has 0 amide bonds. The molecular weight excluding hydrogens is 421 g/mol. The zero-order valence-electron chi connectivity index (χ0n) is 17.5. The molecule has 31 heavy (non-hydrogen) atoms. The Morgan fingerprint density at radius 3 is 2.45 bits per heavy atom. The molecule has 1 fully saturated rings. The van der Waals surface area contributed by atoms with Gasteiger partial charge < -0.3 is 9.64 Å². The quantitative estimate of drug-likeness (QED) is 0.677. The van der Waals surface area contributed by atoms with E-state index in [1.54, 1.807) is 24.3 Å². The molecule has 0 bridgehead atoms. The Hall–Kier alpha value is -2.49. The number of Topliss-reactive ketones (excluding diaryl/α,β-unsaturated/α-hetero) is 1. The van der Waals surface area contributed by atoms with E-state index < -0.39 is 10.0 Å². The highest BCUT2D eigenvalue weighted by Crippen LogP contribution is 2.32. The summed E-state index contributed by atoms with van der Waals surface area (Å²) in [5.74, 6) is -0.174. The van der Waals surface area contributed by atoms with Gasteiger partial charge in [0.15, 0.2) is 5.78 Å². The molecule has 166 valence electrons. The van der Waals surface area contributed by atoms with Crippen LogP contribution in [0.4, 0.5) is 10.1 Å². The van der Waals surface area contributed by atoms with Crippen molar-refractivity contribution in [3.63, 3.8) is 0 Å². The Bertz CT molecular complexity index is 1070. The first-order valence-electron chi connectivity index (χ1n) is 10.3. The predicted octanol–water partition coefficient (Wildman–Crippen LogP) is 2.23. The number of ether oxygens (including phenoxy) is 1. The van der Waals surface area contributed by atoms with Crippen LogP contribution in [0.5, 0.6) is 5.75 Å². The number of ketones is 1. The van der Waals surface area contributed by atoms with Gasteiger partial charge in [-0.05, 0) is 37.2 Å². The van der Waals surface area contributed by atoms with Crippen LogP contribution in [-0.4, -0.2) is 76.3 Å². The monoisotopic (exact) mass is 447 g/mol. The molecule has 0 saturated carbocycles. The number of hydrogen-bond donors (Lipinski definition) is 0. The Labute approximate surface area is 182 Å². The van der Waals surface area contributed by atoms with Gasteiger partial charge in [0.05, 0.1) is 29.8 Å². The van der Waals surface area contributed by atoms with Crippen LogP contribution in [0.15, 0.2) is 47.4 Å². The van der Waals surface area contributed by atoms with Crippen molar-refractivity contribution in [2.75, 3.05) is 57.8 Å². The fraction of sp³-hybridized carbons (Fsp3) is 0.409. The number of piperazine rings is 1. The zero-order chi connectivity index (χ0) is 22.0. The van der Waals surface area contributed by atoms with Gasteiger partial charge in [-0.15, -0.1) is 0 Å². The molecule has 0 N–H and O–H groups in total. The lowest BCUT2D eigenvalue weighted by Crippen LogP contribution is -2.48. The van der Waals surface area contributed by atoms with E-state index in [2.05, 4.69) is 4.90 Å². The van der Waals surface area contributed by atoms with Crippen LogP contribution in [-0.2, 0) is 10.0 Å². The average Bonchev–Trinajstić information content (AvgIpc) is 2.78. The molecule has 2 aromatic carbocycles. The predicted molar refractivity (Wildman–Crippen MR) is 116 cm³/mol. The van der Waals surface area contributed by atoms with E-state index >= 15 is 0 Å². The first kappa shape index (κ1) is 21.7. The third-order valence-electron chi connectivity index (χ3n) is 5.87. The minimum absolute atomic E-state index is 0.0154. The van der Waals surface area contributed by atoms with Gasteiger partial charge in [0.25, 0.3) is 0 Å². The summed E-state index contributed by atoms with van der Waals surface area (Å²) in [6.45, 7) is 3.81. The van der Waals surface area contributed by atoms with Crippen LogP contribution in [0.2, 0.25) is 0 Å². The second-order valence-electron chi connectivity index (χ2n) is 7.73. The highest BCUT2D eigenvalue weighted by molar-refractivity contribution is 7.89. The maximum Gasteiger partial charge on any atom is 0.244 e. The Balaban J connectivity index is 1.33. The van der Waals surface area contributed by atoms with Gasteiger partial charge in [0.1, 0.15) is 11.6 Å². The number of carbonyl (C=O) groups is 1. The Kier molecular flexibility index (Phi) is 6.27. The molecule has 0 radical (unpaired) electrons. The fourth-order valence-corrected chi connectivity index (χ4v) is 5.88. The van der Waals surface area contributed by atoms with Crippen LogP contribution < -0.4 is 9.64 Å². The minimum atomic E-state index is -3.74. The van der Waals surface area contributed by atoms with Gasteiger partial charge in [-0.25, -0.2) is 12.8 Å². The van der Waals surface area contributed by atoms with Crippen molar-refractivity contribution in [1.29, 1.82) is 0 Å². The fourth-order valence-electron chi connectivity index (χ4n) is 4.22. The molecule has 0 aliphatic carbocycles. The molecule has 1 saturated heterocycles. The van der Waals surface area contributed by atoms with E-state index in [1.165, 1.54) is 23.5 Å². The summed E-state index contributed by atoms with van der Waals surface area (Å²) < 4.78 is 46.4. The molecule has 7 nitrogen and oxygen atoms in total. The van der Waals surface area contributed by atoms with Crippen molar-refractivity contribution in [3.05, 3.63) is 53.8 Å². The topological polar surface area (TPSA) is 70.2 Å². The summed E-state index contributed by atoms with van der Waals surface area (Å²) in [5.41, 5.74) is 0.764. The van der Waals surface area contributed by atoms with Crippen molar-refractivity contribution >= 4 is 21.5 Å². The highest BCUT2D eigenvalue weighted by atomic mass is 32.2. The summed E-state index contributed by atoms with van der Waals surface area (Å²) in [7, 11) is -2.31. The largest absolute Gasteiger partial charge is 0.496 e. The van der Waals surface area contributed by atoms with Gasteiger partial charge >= 0.3 is 0 Å². The zero-order valence-corrected chi connectivity index (χ0v) is 18.3. The van der Waals surface area contributed by atoms with E-state index in [9.17, 15) is 17.6 Å². The van der Waals surface area contributed by atoms with Crippen LogP contribution in [0, 0.1) is 5.82 Å². The lowest BCUT2D eigenvalue weighted by Gasteiger charge is -2.36. The van der Waals surface area contributed by atoms with Gasteiger partial charge in [-0.1, -0.05) is 18.2 Å². The van der Waals surface area contributed by atoms with Crippen LogP contribution in [0.1, 0.15) is 16.8 Å².